The molecule has 0 aliphatic rings. The Bertz CT molecular complexity index is 758. The fourth-order valence-electron chi connectivity index (χ4n) is 2.59. The third-order valence-corrected chi connectivity index (χ3v) is 4.16. The van der Waals surface area contributed by atoms with Gasteiger partial charge in [-0.1, -0.05) is 42.5 Å². The second-order valence-electron chi connectivity index (χ2n) is 6.25. The third-order valence-electron chi connectivity index (χ3n) is 4.16. The maximum atomic E-state index is 12.3. The summed E-state index contributed by atoms with van der Waals surface area (Å²) in [6, 6.07) is 15.0. The zero-order chi connectivity index (χ0) is 19.1. The molecule has 138 valence electrons. The largest absolute Gasteiger partial charge is 0.496 e. The van der Waals surface area contributed by atoms with Crippen LogP contribution < -0.4 is 10.1 Å². The summed E-state index contributed by atoms with van der Waals surface area (Å²) in [7, 11) is 1.59. The van der Waals surface area contributed by atoms with Gasteiger partial charge in [0.05, 0.1) is 19.6 Å². The molecule has 0 radical (unpaired) electrons. The van der Waals surface area contributed by atoms with Crippen molar-refractivity contribution in [3.05, 3.63) is 65.2 Å². The lowest BCUT2D eigenvalue weighted by Crippen LogP contribution is -2.37. The van der Waals surface area contributed by atoms with Gasteiger partial charge in [0.15, 0.2) is 6.10 Å². The molecule has 0 bridgehead atoms. The van der Waals surface area contributed by atoms with E-state index >= 15 is 0 Å². The highest BCUT2D eigenvalue weighted by Gasteiger charge is 2.20. The number of hydrogen-bond donors (Lipinski definition) is 1. The molecular weight excluding hydrogens is 330 g/mol. The van der Waals surface area contributed by atoms with Crippen molar-refractivity contribution < 1.29 is 19.1 Å². The Balaban J connectivity index is 1.89. The molecule has 2 unspecified atom stereocenters. The van der Waals surface area contributed by atoms with Crippen LogP contribution in [0.4, 0.5) is 0 Å². The summed E-state index contributed by atoms with van der Waals surface area (Å²) < 4.78 is 10.5. The minimum atomic E-state index is -0.860. The lowest BCUT2D eigenvalue weighted by atomic mass is 10.1. The Labute approximate surface area is 154 Å². The Kier molecular flexibility index (Phi) is 6.78. The smallest absolute Gasteiger partial charge is 0.311 e. The number of amides is 1. The molecule has 1 amide bonds. The van der Waals surface area contributed by atoms with E-state index in [2.05, 4.69) is 5.32 Å². The number of aryl methyl sites for hydroxylation is 1. The first-order chi connectivity index (χ1) is 12.4. The maximum Gasteiger partial charge on any atom is 0.311 e. The molecule has 5 heteroatoms. The molecule has 0 aliphatic carbocycles. The third kappa shape index (κ3) is 5.34. The predicted octanol–water partition coefficient (Wildman–Crippen LogP) is 3.36. The summed E-state index contributed by atoms with van der Waals surface area (Å²) in [4.78, 5) is 24.4. The zero-order valence-electron chi connectivity index (χ0n) is 15.6. The second kappa shape index (κ2) is 9.04. The number of ether oxygens (including phenoxy) is 2. The summed E-state index contributed by atoms with van der Waals surface area (Å²) in [6.07, 6.45) is -0.774. The first kappa shape index (κ1) is 19.5. The van der Waals surface area contributed by atoms with Gasteiger partial charge in [-0.05, 0) is 43.5 Å². The van der Waals surface area contributed by atoms with Crippen LogP contribution in [-0.2, 0) is 20.7 Å². The number of nitrogens with one attached hydrogen (secondary N) is 1. The van der Waals surface area contributed by atoms with Crippen molar-refractivity contribution in [3.8, 4) is 5.75 Å². The van der Waals surface area contributed by atoms with Crippen LogP contribution in [0.15, 0.2) is 48.5 Å². The topological polar surface area (TPSA) is 64.6 Å². The summed E-state index contributed by atoms with van der Waals surface area (Å²) >= 11 is 0. The maximum absolute atomic E-state index is 12.3. The van der Waals surface area contributed by atoms with Crippen LogP contribution in [-0.4, -0.2) is 25.1 Å². The average Bonchev–Trinajstić information content (AvgIpc) is 2.63. The van der Waals surface area contributed by atoms with Crippen LogP contribution in [0.25, 0.3) is 0 Å². The van der Waals surface area contributed by atoms with Gasteiger partial charge in [-0.2, -0.15) is 0 Å². The summed E-state index contributed by atoms with van der Waals surface area (Å²) in [5.41, 5.74) is 2.76. The van der Waals surface area contributed by atoms with Crippen LogP contribution in [0.3, 0.4) is 0 Å². The van der Waals surface area contributed by atoms with E-state index in [1.165, 1.54) is 0 Å². The fraction of sp³-hybridized carbons (Fsp3) is 0.333. The average molecular weight is 355 g/mol. The van der Waals surface area contributed by atoms with Crippen LogP contribution in [0, 0.1) is 6.92 Å². The first-order valence-corrected chi connectivity index (χ1v) is 8.59. The van der Waals surface area contributed by atoms with Gasteiger partial charge in [0.1, 0.15) is 5.75 Å². The van der Waals surface area contributed by atoms with Gasteiger partial charge in [0, 0.05) is 0 Å². The van der Waals surface area contributed by atoms with Gasteiger partial charge in [-0.3, -0.25) is 9.59 Å². The van der Waals surface area contributed by atoms with Crippen molar-refractivity contribution in [1.29, 1.82) is 0 Å². The van der Waals surface area contributed by atoms with Crippen molar-refractivity contribution in [2.45, 2.75) is 39.3 Å². The zero-order valence-corrected chi connectivity index (χ0v) is 15.6. The van der Waals surface area contributed by atoms with Crippen molar-refractivity contribution in [2.75, 3.05) is 7.11 Å². The molecule has 2 rings (SSSR count). The number of methoxy groups -OCH3 is 1. The predicted molar refractivity (Wildman–Crippen MR) is 100.0 cm³/mol. The van der Waals surface area contributed by atoms with E-state index in [1.54, 1.807) is 20.1 Å². The number of benzene rings is 2. The van der Waals surface area contributed by atoms with Crippen molar-refractivity contribution in [3.63, 3.8) is 0 Å². The number of esters is 1. The molecule has 5 nitrogen and oxygen atoms in total. The van der Waals surface area contributed by atoms with Gasteiger partial charge in [-0.15, -0.1) is 0 Å². The lowest BCUT2D eigenvalue weighted by molar-refractivity contribution is -0.154. The van der Waals surface area contributed by atoms with E-state index in [0.29, 0.717) is 0 Å². The van der Waals surface area contributed by atoms with Gasteiger partial charge < -0.3 is 14.8 Å². The molecule has 1 N–H and O–H groups in total. The van der Waals surface area contributed by atoms with Crippen LogP contribution in [0.2, 0.25) is 0 Å². The Morgan fingerprint density at radius 2 is 1.77 bits per heavy atom. The summed E-state index contributed by atoms with van der Waals surface area (Å²) in [5, 5.41) is 2.85. The molecule has 0 spiro atoms. The minimum absolute atomic E-state index is 0.0858. The number of carbonyl (C=O) groups excluding carboxylic acids is 2. The molecule has 26 heavy (non-hydrogen) atoms. The highest BCUT2D eigenvalue weighted by Crippen LogP contribution is 2.19. The van der Waals surface area contributed by atoms with E-state index in [9.17, 15) is 9.59 Å². The summed E-state index contributed by atoms with van der Waals surface area (Å²) in [5.74, 6) is -0.0557. The normalized spacial score (nSPS) is 12.8. The SMILES string of the molecule is COc1cc(CC(=O)OC(C)C(=O)NC(C)c2ccccc2)ccc1C. The molecular formula is C21H25NO4. The van der Waals surface area contributed by atoms with E-state index in [0.717, 1.165) is 22.4 Å². The second-order valence-corrected chi connectivity index (χ2v) is 6.25. The minimum Gasteiger partial charge on any atom is -0.496 e. The monoisotopic (exact) mass is 355 g/mol. The summed E-state index contributed by atoms with van der Waals surface area (Å²) in [6.45, 7) is 5.39. The molecule has 0 saturated heterocycles. The van der Waals surface area contributed by atoms with E-state index in [-0.39, 0.29) is 18.4 Å². The Morgan fingerprint density at radius 1 is 1.08 bits per heavy atom. The van der Waals surface area contributed by atoms with Crippen molar-refractivity contribution in [2.24, 2.45) is 0 Å². The van der Waals surface area contributed by atoms with E-state index in [1.807, 2.05) is 56.3 Å². The molecule has 0 aromatic heterocycles. The number of carbonyl (C=O) groups is 2. The fourth-order valence-corrected chi connectivity index (χ4v) is 2.59. The lowest BCUT2D eigenvalue weighted by Gasteiger charge is -2.18. The van der Waals surface area contributed by atoms with E-state index < -0.39 is 12.1 Å². The van der Waals surface area contributed by atoms with Gasteiger partial charge in [0.2, 0.25) is 0 Å². The standard InChI is InChI=1S/C21H25NO4/c1-14-10-11-17(12-19(14)25-4)13-20(23)26-16(3)21(24)22-15(2)18-8-6-5-7-9-18/h5-12,15-16H,13H2,1-4H3,(H,22,24). The molecule has 2 aromatic rings. The van der Waals surface area contributed by atoms with Gasteiger partial charge in [0.25, 0.3) is 5.91 Å². The van der Waals surface area contributed by atoms with Crippen molar-refractivity contribution >= 4 is 11.9 Å². The molecule has 0 heterocycles. The highest BCUT2D eigenvalue weighted by atomic mass is 16.5. The Morgan fingerprint density at radius 3 is 2.42 bits per heavy atom. The van der Waals surface area contributed by atoms with Gasteiger partial charge >= 0.3 is 5.97 Å². The molecule has 2 aromatic carbocycles. The van der Waals surface area contributed by atoms with Crippen LogP contribution in [0.5, 0.6) is 5.75 Å². The van der Waals surface area contributed by atoms with Crippen LogP contribution >= 0.6 is 0 Å². The molecule has 0 aliphatic heterocycles. The molecule has 0 fully saturated rings. The Hall–Kier alpha value is -2.82. The highest BCUT2D eigenvalue weighted by molar-refractivity contribution is 5.84. The van der Waals surface area contributed by atoms with Crippen molar-refractivity contribution in [1.82, 2.24) is 5.32 Å². The van der Waals surface area contributed by atoms with Crippen LogP contribution in [0.1, 0.15) is 36.6 Å². The number of hydrogen-bond acceptors (Lipinski definition) is 4. The van der Waals surface area contributed by atoms with E-state index in [4.69, 9.17) is 9.47 Å². The first-order valence-electron chi connectivity index (χ1n) is 8.59. The molecule has 2 atom stereocenters. The molecule has 0 saturated carbocycles. The van der Waals surface area contributed by atoms with Gasteiger partial charge in [-0.25, -0.2) is 0 Å². The number of rotatable bonds is 7. The quantitative estimate of drug-likeness (QED) is 0.774.